The maximum absolute atomic E-state index is 15.0. The van der Waals surface area contributed by atoms with Crippen LogP contribution in [0, 0.1) is 29.0 Å². The topological polar surface area (TPSA) is 116 Å². The number of methoxy groups -OCH3 is 1. The zero-order valence-corrected chi connectivity index (χ0v) is 31.0. The highest BCUT2D eigenvalue weighted by atomic mass is 19.1. The van der Waals surface area contributed by atoms with Gasteiger partial charge in [-0.1, -0.05) is 26.8 Å². The largest absolute Gasteiger partial charge is 0.497 e. The normalized spacial score (nSPS) is 29.1. The Morgan fingerprint density at radius 2 is 1.80 bits per heavy atom. The molecule has 8 rings (SSSR count). The van der Waals surface area contributed by atoms with E-state index < -0.39 is 0 Å². The lowest BCUT2D eigenvalue weighted by Crippen LogP contribution is -2.58. The standard InChI is InChI=1S/C39H53FN8O3/c1-22-19-47(20-23(2)41-22)38-45-34-16-28(9-11-30(34)36(50)48(38)13-12-26-8-10-29(51-7)17-32(26)40)43-37(46-18-24(3)42-35(49)21-46)44-33-15-27-14-31(25(33)4)39(27,5)6/h8-11,16-17,22-25,27,31,33,41H,12-15,18-21H2,1-7H3,(H,42,49)(H,43,44)/t22-,23+,24-,25-,27+,31-,33?/m0/s1. The summed E-state index contributed by atoms with van der Waals surface area (Å²) in [7, 11) is 1.51. The number of anilines is 2. The van der Waals surface area contributed by atoms with Crippen molar-refractivity contribution in [1.82, 2.24) is 25.1 Å². The van der Waals surface area contributed by atoms with Crippen LogP contribution in [0.2, 0.25) is 0 Å². The monoisotopic (exact) mass is 700 g/mol. The lowest BCUT2D eigenvalue weighted by atomic mass is 9.45. The maximum Gasteiger partial charge on any atom is 0.262 e. The van der Waals surface area contributed by atoms with E-state index in [0.29, 0.717) is 83.3 Å². The fraction of sp³-hybridized carbons (Fsp3) is 0.590. The minimum atomic E-state index is -0.362. The Hall–Kier alpha value is -4.19. The Labute approximate surface area is 300 Å². The van der Waals surface area contributed by atoms with Crippen LogP contribution in [-0.4, -0.2) is 83.8 Å². The molecule has 2 saturated heterocycles. The second kappa shape index (κ2) is 13.7. The minimum absolute atomic E-state index is 0.0103. The van der Waals surface area contributed by atoms with E-state index in [4.69, 9.17) is 14.7 Å². The second-order valence-corrected chi connectivity index (χ2v) is 16.1. The first kappa shape index (κ1) is 35.2. The summed E-state index contributed by atoms with van der Waals surface area (Å²) in [5, 5.41) is 10.7. The van der Waals surface area contributed by atoms with E-state index in [1.807, 2.05) is 30.0 Å². The van der Waals surface area contributed by atoms with Gasteiger partial charge < -0.3 is 30.5 Å². The van der Waals surface area contributed by atoms with E-state index in [-0.39, 0.29) is 54.5 Å². The number of hydrogen-bond donors (Lipinski definition) is 3. The Morgan fingerprint density at radius 3 is 2.47 bits per heavy atom. The van der Waals surface area contributed by atoms with Gasteiger partial charge in [0.1, 0.15) is 11.6 Å². The number of fused-ring (bicyclic) bond motifs is 3. The van der Waals surface area contributed by atoms with Gasteiger partial charge in [-0.25, -0.2) is 14.4 Å². The average Bonchev–Trinajstić information content (AvgIpc) is 3.07. The van der Waals surface area contributed by atoms with Gasteiger partial charge in [-0.15, -0.1) is 0 Å². The average molecular weight is 701 g/mol. The highest BCUT2D eigenvalue weighted by molar-refractivity contribution is 5.98. The summed E-state index contributed by atoms with van der Waals surface area (Å²) in [5.74, 6) is 3.06. The predicted octanol–water partition coefficient (Wildman–Crippen LogP) is 4.63. The van der Waals surface area contributed by atoms with E-state index in [0.717, 1.165) is 12.1 Å². The number of carbonyl (C=O) groups excluding carboxylic acids is 1. The first-order chi connectivity index (χ1) is 24.3. The van der Waals surface area contributed by atoms with Crippen molar-refractivity contribution >= 4 is 34.4 Å². The van der Waals surface area contributed by atoms with E-state index in [1.54, 1.807) is 16.7 Å². The summed E-state index contributed by atoms with van der Waals surface area (Å²) in [6.07, 6.45) is 2.63. The van der Waals surface area contributed by atoms with Crippen molar-refractivity contribution in [2.75, 3.05) is 43.5 Å². The van der Waals surface area contributed by atoms with Crippen LogP contribution >= 0.6 is 0 Å². The number of aryl methyl sites for hydroxylation is 1. The predicted molar refractivity (Wildman–Crippen MR) is 200 cm³/mol. The molecule has 5 fully saturated rings. The molecule has 3 heterocycles. The van der Waals surface area contributed by atoms with Crippen LogP contribution in [0.4, 0.5) is 16.0 Å². The Balaban J connectivity index is 1.24. The molecule has 0 spiro atoms. The Kier molecular flexibility index (Phi) is 9.49. The molecule has 3 N–H and O–H groups in total. The molecular formula is C39H53FN8O3. The molecule has 7 atom stereocenters. The van der Waals surface area contributed by atoms with Gasteiger partial charge in [-0.2, -0.15) is 0 Å². The molecule has 0 radical (unpaired) electrons. The molecule has 2 bridgehead atoms. The van der Waals surface area contributed by atoms with E-state index >= 15 is 0 Å². The molecule has 1 amide bonds. The van der Waals surface area contributed by atoms with Crippen LogP contribution in [-0.2, 0) is 17.8 Å². The van der Waals surface area contributed by atoms with E-state index in [1.165, 1.54) is 19.6 Å². The van der Waals surface area contributed by atoms with Crippen molar-refractivity contribution in [2.24, 2.45) is 28.2 Å². The van der Waals surface area contributed by atoms with Crippen molar-refractivity contribution in [3.05, 3.63) is 58.1 Å². The SMILES string of the molecule is COc1ccc(CCn2c(N3C[C@@H](C)N[C@@H](C)C3)nc3cc(N/C(=N/C4C[C@H]5C[C@@H]([C@@H]4C)C5(C)C)N4CC(=O)N[C@@H](C)C4)ccc3c2=O)c(F)c1. The van der Waals surface area contributed by atoms with Gasteiger partial charge >= 0.3 is 0 Å². The van der Waals surface area contributed by atoms with Gasteiger partial charge in [-0.05, 0) is 93.0 Å². The van der Waals surface area contributed by atoms with Gasteiger partial charge in [0.05, 0.1) is 30.6 Å². The lowest BCUT2D eigenvalue weighted by molar-refractivity contribution is -0.124. The molecule has 1 aromatic heterocycles. The van der Waals surface area contributed by atoms with E-state index in [9.17, 15) is 14.0 Å². The summed E-state index contributed by atoms with van der Waals surface area (Å²) < 4.78 is 21.8. The number of benzene rings is 2. The van der Waals surface area contributed by atoms with Crippen LogP contribution in [0.25, 0.3) is 10.9 Å². The van der Waals surface area contributed by atoms with Crippen LogP contribution in [0.5, 0.6) is 5.75 Å². The molecule has 3 aliphatic carbocycles. The number of aromatic nitrogens is 2. The molecule has 51 heavy (non-hydrogen) atoms. The zero-order valence-electron chi connectivity index (χ0n) is 31.0. The van der Waals surface area contributed by atoms with E-state index in [2.05, 4.69) is 55.5 Å². The molecule has 3 saturated carbocycles. The molecule has 2 aromatic carbocycles. The number of guanidine groups is 1. The second-order valence-electron chi connectivity index (χ2n) is 16.1. The number of halogens is 1. The highest BCUT2D eigenvalue weighted by Crippen LogP contribution is 2.61. The number of nitrogens with one attached hydrogen (secondary N) is 3. The molecule has 3 aromatic rings. The van der Waals surface area contributed by atoms with Crippen LogP contribution in [0.1, 0.15) is 59.9 Å². The van der Waals surface area contributed by atoms with Gasteiger partial charge in [0.2, 0.25) is 11.9 Å². The van der Waals surface area contributed by atoms with Crippen LogP contribution < -0.4 is 31.1 Å². The van der Waals surface area contributed by atoms with Crippen molar-refractivity contribution in [3.8, 4) is 5.75 Å². The van der Waals surface area contributed by atoms with Crippen LogP contribution in [0.15, 0.2) is 46.2 Å². The number of nitrogens with zero attached hydrogens (tertiary/aromatic N) is 5. The van der Waals surface area contributed by atoms with Gasteiger partial charge in [0.15, 0.2) is 5.96 Å². The van der Waals surface area contributed by atoms with Gasteiger partial charge in [-0.3, -0.25) is 14.2 Å². The Morgan fingerprint density at radius 1 is 1.04 bits per heavy atom. The fourth-order valence-corrected chi connectivity index (χ4v) is 9.18. The van der Waals surface area contributed by atoms with Gasteiger partial charge in [0.25, 0.3) is 5.56 Å². The third-order valence-corrected chi connectivity index (χ3v) is 12.0. The number of ether oxygens (including phenoxy) is 1. The molecule has 11 nitrogen and oxygen atoms in total. The third-order valence-electron chi connectivity index (χ3n) is 12.0. The van der Waals surface area contributed by atoms with Crippen molar-refractivity contribution in [1.29, 1.82) is 0 Å². The summed E-state index contributed by atoms with van der Waals surface area (Å²) in [4.78, 5) is 41.7. The number of hydrogen-bond acceptors (Lipinski definition) is 7. The van der Waals surface area contributed by atoms with Crippen molar-refractivity contribution in [2.45, 2.75) is 91.5 Å². The minimum Gasteiger partial charge on any atom is -0.497 e. The number of piperazine rings is 2. The third kappa shape index (κ3) is 6.91. The van der Waals surface area contributed by atoms with Crippen molar-refractivity contribution < 1.29 is 13.9 Å². The lowest BCUT2D eigenvalue weighted by Gasteiger charge is -2.61. The smallest absolute Gasteiger partial charge is 0.262 e. The number of carbonyl (C=O) groups is 1. The summed E-state index contributed by atoms with van der Waals surface area (Å²) in [6, 6.07) is 11.0. The number of rotatable bonds is 7. The van der Waals surface area contributed by atoms with Crippen molar-refractivity contribution in [3.63, 3.8) is 0 Å². The summed E-state index contributed by atoms with van der Waals surface area (Å²) in [6.45, 7) is 15.9. The summed E-state index contributed by atoms with van der Waals surface area (Å²) >= 11 is 0. The number of aliphatic imine (C=N–C) groups is 1. The number of amides is 1. The Bertz CT molecular complexity index is 1880. The molecule has 12 heteroatoms. The first-order valence-electron chi connectivity index (χ1n) is 18.6. The molecule has 5 aliphatic rings. The summed E-state index contributed by atoms with van der Waals surface area (Å²) in [5.41, 5.74) is 2.02. The fourth-order valence-electron chi connectivity index (χ4n) is 9.18. The first-order valence-corrected chi connectivity index (χ1v) is 18.6. The zero-order chi connectivity index (χ0) is 36.2. The molecule has 274 valence electrons. The van der Waals surface area contributed by atoms with Crippen LogP contribution in [0.3, 0.4) is 0 Å². The quantitative estimate of drug-likeness (QED) is 0.242. The maximum atomic E-state index is 15.0. The molecule has 1 unspecified atom stereocenters. The molecule has 2 aliphatic heterocycles. The highest BCUT2D eigenvalue weighted by Gasteiger charge is 2.56. The molecular weight excluding hydrogens is 647 g/mol. The van der Waals surface area contributed by atoms with Gasteiger partial charge in [0, 0.05) is 56.1 Å².